The van der Waals surface area contributed by atoms with Crippen molar-refractivity contribution in [2.24, 2.45) is 0 Å². The molecule has 2 rings (SSSR count). The fraction of sp³-hybridized carbons (Fsp3) is 0.364. The van der Waals surface area contributed by atoms with E-state index in [9.17, 15) is 9.18 Å². The van der Waals surface area contributed by atoms with Gasteiger partial charge in [0.1, 0.15) is 11.9 Å². The van der Waals surface area contributed by atoms with Crippen LogP contribution in [0.5, 0.6) is 0 Å². The van der Waals surface area contributed by atoms with Gasteiger partial charge in [0.15, 0.2) is 0 Å². The second kappa shape index (κ2) is 4.39. The van der Waals surface area contributed by atoms with Crippen molar-refractivity contribution in [3.05, 3.63) is 34.6 Å². The molecule has 1 aromatic carbocycles. The van der Waals surface area contributed by atoms with Crippen LogP contribution in [0.1, 0.15) is 24.4 Å². The molecule has 1 fully saturated rings. The first-order valence-corrected chi connectivity index (χ1v) is 5.39. The Morgan fingerprint density at radius 3 is 2.75 bits per heavy atom. The molecule has 16 heavy (non-hydrogen) atoms. The topological polar surface area (TPSA) is 49.3 Å². The van der Waals surface area contributed by atoms with Crippen LogP contribution in [0, 0.1) is 5.82 Å². The molecule has 86 valence electrons. The van der Waals surface area contributed by atoms with Crippen LogP contribution in [0.4, 0.5) is 4.39 Å². The van der Waals surface area contributed by atoms with Crippen molar-refractivity contribution in [2.45, 2.75) is 24.9 Å². The SMILES string of the molecule is O=C(O)C(NC1CC1)c1ccc(Cl)cc1F. The third-order valence-electron chi connectivity index (χ3n) is 2.50. The number of carboxylic acid groups (broad SMARTS) is 1. The maximum absolute atomic E-state index is 13.5. The number of hydrogen-bond donors (Lipinski definition) is 2. The number of aliphatic carboxylic acids is 1. The summed E-state index contributed by atoms with van der Waals surface area (Å²) in [5.41, 5.74) is 0.129. The molecule has 0 aromatic heterocycles. The van der Waals surface area contributed by atoms with Crippen LogP contribution in [-0.2, 0) is 4.79 Å². The number of nitrogens with one attached hydrogen (secondary N) is 1. The van der Waals surface area contributed by atoms with Crippen molar-refractivity contribution >= 4 is 17.6 Å². The Labute approximate surface area is 97.2 Å². The first kappa shape index (κ1) is 11.4. The summed E-state index contributed by atoms with van der Waals surface area (Å²) in [5.74, 6) is -1.67. The van der Waals surface area contributed by atoms with E-state index in [1.807, 2.05) is 0 Å². The molecule has 1 aromatic rings. The van der Waals surface area contributed by atoms with E-state index in [1.165, 1.54) is 12.1 Å². The van der Waals surface area contributed by atoms with Crippen LogP contribution in [-0.4, -0.2) is 17.1 Å². The zero-order valence-corrected chi connectivity index (χ0v) is 9.17. The van der Waals surface area contributed by atoms with Crippen LogP contribution in [0.3, 0.4) is 0 Å². The maximum Gasteiger partial charge on any atom is 0.325 e. The maximum atomic E-state index is 13.5. The standard InChI is InChI=1S/C11H11ClFNO2/c12-6-1-4-8(9(13)5-6)10(11(15)16)14-7-2-3-7/h1,4-5,7,10,14H,2-3H2,(H,15,16). The third-order valence-corrected chi connectivity index (χ3v) is 2.74. The van der Waals surface area contributed by atoms with E-state index < -0.39 is 17.8 Å². The lowest BCUT2D eigenvalue weighted by Gasteiger charge is -2.15. The monoisotopic (exact) mass is 243 g/mol. The molecule has 0 saturated heterocycles. The number of halogens is 2. The van der Waals surface area contributed by atoms with E-state index in [-0.39, 0.29) is 16.6 Å². The fourth-order valence-electron chi connectivity index (χ4n) is 1.52. The number of carbonyl (C=O) groups is 1. The van der Waals surface area contributed by atoms with Gasteiger partial charge in [-0.15, -0.1) is 0 Å². The molecule has 1 saturated carbocycles. The number of carboxylic acids is 1. The lowest BCUT2D eigenvalue weighted by atomic mass is 10.1. The van der Waals surface area contributed by atoms with E-state index in [0.29, 0.717) is 0 Å². The Morgan fingerprint density at radius 1 is 1.56 bits per heavy atom. The predicted molar refractivity (Wildman–Crippen MR) is 57.9 cm³/mol. The van der Waals surface area contributed by atoms with Gasteiger partial charge in [-0.05, 0) is 25.0 Å². The van der Waals surface area contributed by atoms with Crippen LogP contribution in [0.2, 0.25) is 5.02 Å². The molecule has 0 heterocycles. The molecule has 1 aliphatic carbocycles. The Hall–Kier alpha value is -1.13. The molecule has 0 amide bonds. The van der Waals surface area contributed by atoms with Gasteiger partial charge >= 0.3 is 5.97 Å². The largest absolute Gasteiger partial charge is 0.480 e. The molecule has 0 bridgehead atoms. The van der Waals surface area contributed by atoms with E-state index in [4.69, 9.17) is 16.7 Å². The highest BCUT2D eigenvalue weighted by atomic mass is 35.5. The fourth-order valence-corrected chi connectivity index (χ4v) is 1.67. The van der Waals surface area contributed by atoms with Gasteiger partial charge in [-0.1, -0.05) is 17.7 Å². The van der Waals surface area contributed by atoms with Gasteiger partial charge in [-0.25, -0.2) is 4.39 Å². The normalized spacial score (nSPS) is 17.1. The van der Waals surface area contributed by atoms with Crippen LogP contribution < -0.4 is 5.32 Å². The van der Waals surface area contributed by atoms with Crippen molar-refractivity contribution in [3.63, 3.8) is 0 Å². The number of benzene rings is 1. The quantitative estimate of drug-likeness (QED) is 0.854. The van der Waals surface area contributed by atoms with Crippen LogP contribution >= 0.6 is 11.6 Å². The lowest BCUT2D eigenvalue weighted by molar-refractivity contribution is -0.139. The minimum Gasteiger partial charge on any atom is -0.480 e. The highest BCUT2D eigenvalue weighted by Gasteiger charge is 2.30. The third kappa shape index (κ3) is 2.51. The Kier molecular flexibility index (Phi) is 3.12. The highest BCUT2D eigenvalue weighted by molar-refractivity contribution is 6.30. The summed E-state index contributed by atoms with van der Waals surface area (Å²) in [6.45, 7) is 0. The number of hydrogen-bond acceptors (Lipinski definition) is 2. The smallest absolute Gasteiger partial charge is 0.325 e. The molecule has 3 nitrogen and oxygen atoms in total. The minimum atomic E-state index is -1.08. The van der Waals surface area contributed by atoms with Crippen molar-refractivity contribution in [1.29, 1.82) is 0 Å². The molecular weight excluding hydrogens is 233 g/mol. The molecule has 0 spiro atoms. The average molecular weight is 244 g/mol. The Balaban J connectivity index is 2.26. The molecular formula is C11H11ClFNO2. The van der Waals surface area contributed by atoms with Gasteiger partial charge in [-0.3, -0.25) is 10.1 Å². The summed E-state index contributed by atoms with van der Waals surface area (Å²) in [4.78, 5) is 11.0. The minimum absolute atomic E-state index is 0.129. The van der Waals surface area contributed by atoms with Gasteiger partial charge in [0.25, 0.3) is 0 Å². The zero-order chi connectivity index (χ0) is 11.7. The first-order valence-electron chi connectivity index (χ1n) is 5.01. The summed E-state index contributed by atoms with van der Waals surface area (Å²) < 4.78 is 13.5. The van der Waals surface area contributed by atoms with Crippen LogP contribution in [0.25, 0.3) is 0 Å². The van der Waals surface area contributed by atoms with Gasteiger partial charge in [0.2, 0.25) is 0 Å². The molecule has 1 atom stereocenters. The molecule has 1 unspecified atom stereocenters. The van der Waals surface area contributed by atoms with E-state index >= 15 is 0 Å². The van der Waals surface area contributed by atoms with Gasteiger partial charge in [0.05, 0.1) is 0 Å². The highest BCUT2D eigenvalue weighted by Crippen LogP contribution is 2.26. The van der Waals surface area contributed by atoms with Gasteiger partial charge < -0.3 is 5.11 Å². The van der Waals surface area contributed by atoms with E-state index in [0.717, 1.165) is 18.9 Å². The van der Waals surface area contributed by atoms with Gasteiger partial charge in [0, 0.05) is 16.6 Å². The van der Waals surface area contributed by atoms with Crippen molar-refractivity contribution in [3.8, 4) is 0 Å². The number of rotatable bonds is 4. The molecule has 5 heteroatoms. The van der Waals surface area contributed by atoms with Gasteiger partial charge in [-0.2, -0.15) is 0 Å². The molecule has 0 aliphatic heterocycles. The second-order valence-electron chi connectivity index (χ2n) is 3.88. The summed E-state index contributed by atoms with van der Waals surface area (Å²) in [5, 5.41) is 12.2. The summed E-state index contributed by atoms with van der Waals surface area (Å²) in [7, 11) is 0. The first-order chi connectivity index (χ1) is 7.58. The lowest BCUT2D eigenvalue weighted by Crippen LogP contribution is -2.30. The van der Waals surface area contributed by atoms with E-state index in [2.05, 4.69) is 5.32 Å². The molecule has 0 radical (unpaired) electrons. The van der Waals surface area contributed by atoms with Crippen molar-refractivity contribution in [1.82, 2.24) is 5.32 Å². The predicted octanol–water partition coefficient (Wildman–Crippen LogP) is 2.36. The summed E-state index contributed by atoms with van der Waals surface area (Å²) in [6.07, 6.45) is 1.89. The van der Waals surface area contributed by atoms with E-state index in [1.54, 1.807) is 0 Å². The molecule has 1 aliphatic rings. The Morgan fingerprint density at radius 2 is 2.25 bits per heavy atom. The van der Waals surface area contributed by atoms with Crippen LogP contribution in [0.15, 0.2) is 18.2 Å². The summed E-state index contributed by atoms with van der Waals surface area (Å²) >= 11 is 5.61. The Bertz CT molecular complexity index is 420. The van der Waals surface area contributed by atoms with Crippen molar-refractivity contribution in [2.75, 3.05) is 0 Å². The zero-order valence-electron chi connectivity index (χ0n) is 8.41. The average Bonchev–Trinajstić information content (AvgIpc) is 2.98. The van der Waals surface area contributed by atoms with Crippen molar-refractivity contribution < 1.29 is 14.3 Å². The second-order valence-corrected chi connectivity index (χ2v) is 4.31. The summed E-state index contributed by atoms with van der Waals surface area (Å²) in [6, 6.07) is 3.22. The molecule has 2 N–H and O–H groups in total.